The summed E-state index contributed by atoms with van der Waals surface area (Å²) in [7, 11) is 1.37. The van der Waals surface area contributed by atoms with Gasteiger partial charge in [-0.15, -0.1) is 0 Å². The SMILES string of the molecule is COC(=O)c1oc(CN2CCCC2c2ccccc2C)cc1C. The van der Waals surface area contributed by atoms with Crippen molar-refractivity contribution in [1.29, 1.82) is 0 Å². The fraction of sp³-hybridized carbons (Fsp3) is 0.421. The number of esters is 1. The maximum atomic E-state index is 11.7. The largest absolute Gasteiger partial charge is 0.463 e. The first-order valence-electron chi connectivity index (χ1n) is 8.07. The van der Waals surface area contributed by atoms with Crippen molar-refractivity contribution in [2.45, 2.75) is 39.3 Å². The highest BCUT2D eigenvalue weighted by molar-refractivity contribution is 5.87. The Hall–Kier alpha value is -2.07. The van der Waals surface area contributed by atoms with Gasteiger partial charge in [-0.1, -0.05) is 24.3 Å². The Balaban J connectivity index is 1.80. The molecule has 0 amide bonds. The number of likely N-dealkylation sites (tertiary alicyclic amines) is 1. The predicted molar refractivity (Wildman–Crippen MR) is 88.3 cm³/mol. The molecule has 4 nitrogen and oxygen atoms in total. The van der Waals surface area contributed by atoms with E-state index in [-0.39, 0.29) is 0 Å². The average Bonchev–Trinajstić information content (AvgIpc) is 3.14. The second-order valence-corrected chi connectivity index (χ2v) is 6.20. The molecule has 0 spiro atoms. The number of nitrogens with zero attached hydrogens (tertiary/aromatic N) is 1. The standard InChI is InChI=1S/C19H23NO3/c1-13-7-4-5-8-16(13)17-9-6-10-20(17)12-15-11-14(2)18(23-15)19(21)22-3/h4-5,7-8,11,17H,6,9-10,12H2,1-3H3. The van der Waals surface area contributed by atoms with Gasteiger partial charge in [0.25, 0.3) is 0 Å². The van der Waals surface area contributed by atoms with Gasteiger partial charge in [-0.2, -0.15) is 0 Å². The summed E-state index contributed by atoms with van der Waals surface area (Å²) in [5, 5.41) is 0. The zero-order valence-corrected chi connectivity index (χ0v) is 14.0. The number of carbonyl (C=O) groups excluding carboxylic acids is 1. The van der Waals surface area contributed by atoms with Gasteiger partial charge in [0, 0.05) is 11.6 Å². The van der Waals surface area contributed by atoms with Crippen LogP contribution in [0.25, 0.3) is 0 Å². The number of aryl methyl sites for hydroxylation is 2. The van der Waals surface area contributed by atoms with E-state index in [1.54, 1.807) is 0 Å². The van der Waals surface area contributed by atoms with Crippen LogP contribution in [-0.2, 0) is 11.3 Å². The van der Waals surface area contributed by atoms with Crippen LogP contribution in [0.4, 0.5) is 0 Å². The Labute approximate surface area is 137 Å². The van der Waals surface area contributed by atoms with Crippen molar-refractivity contribution in [2.24, 2.45) is 0 Å². The molecule has 1 saturated heterocycles. The molecule has 1 aliphatic heterocycles. The second kappa shape index (κ2) is 6.59. The molecule has 4 heteroatoms. The van der Waals surface area contributed by atoms with Gasteiger partial charge in [-0.25, -0.2) is 4.79 Å². The maximum Gasteiger partial charge on any atom is 0.374 e. The lowest BCUT2D eigenvalue weighted by atomic mass is 9.99. The van der Waals surface area contributed by atoms with Gasteiger partial charge < -0.3 is 9.15 Å². The molecule has 1 aliphatic rings. The number of furan rings is 1. The first kappa shape index (κ1) is 15.8. The van der Waals surface area contributed by atoms with Crippen LogP contribution in [0.3, 0.4) is 0 Å². The Morgan fingerprint density at radius 1 is 1.30 bits per heavy atom. The number of rotatable bonds is 4. The Morgan fingerprint density at radius 3 is 2.83 bits per heavy atom. The van der Waals surface area contributed by atoms with Crippen molar-refractivity contribution in [3.8, 4) is 0 Å². The molecular formula is C19H23NO3. The monoisotopic (exact) mass is 313 g/mol. The topological polar surface area (TPSA) is 42.7 Å². The van der Waals surface area contributed by atoms with Crippen LogP contribution in [-0.4, -0.2) is 24.5 Å². The van der Waals surface area contributed by atoms with E-state index >= 15 is 0 Å². The molecule has 1 unspecified atom stereocenters. The Morgan fingerprint density at radius 2 is 2.09 bits per heavy atom. The maximum absolute atomic E-state index is 11.7. The highest BCUT2D eigenvalue weighted by Crippen LogP contribution is 2.35. The fourth-order valence-corrected chi connectivity index (χ4v) is 3.45. The zero-order chi connectivity index (χ0) is 16.4. The number of benzene rings is 1. The molecule has 1 fully saturated rings. The molecule has 0 saturated carbocycles. The quantitative estimate of drug-likeness (QED) is 0.800. The van der Waals surface area contributed by atoms with Crippen molar-refractivity contribution in [3.05, 3.63) is 58.5 Å². The first-order valence-corrected chi connectivity index (χ1v) is 8.07. The lowest BCUT2D eigenvalue weighted by molar-refractivity contribution is 0.0559. The van der Waals surface area contributed by atoms with Gasteiger partial charge in [0.2, 0.25) is 5.76 Å². The van der Waals surface area contributed by atoms with Crippen LogP contribution in [0.2, 0.25) is 0 Å². The summed E-state index contributed by atoms with van der Waals surface area (Å²) in [4.78, 5) is 14.1. The van der Waals surface area contributed by atoms with Gasteiger partial charge in [-0.3, -0.25) is 4.90 Å². The number of ether oxygens (including phenoxy) is 1. The summed E-state index contributed by atoms with van der Waals surface area (Å²) in [5.41, 5.74) is 3.55. The number of methoxy groups -OCH3 is 1. The summed E-state index contributed by atoms with van der Waals surface area (Å²) < 4.78 is 10.5. The van der Waals surface area contributed by atoms with Gasteiger partial charge in [0.15, 0.2) is 0 Å². The molecule has 23 heavy (non-hydrogen) atoms. The minimum absolute atomic E-state index is 0.314. The highest BCUT2D eigenvalue weighted by Gasteiger charge is 2.28. The smallest absolute Gasteiger partial charge is 0.374 e. The third kappa shape index (κ3) is 3.17. The molecule has 2 aromatic rings. The molecule has 122 valence electrons. The normalized spacial score (nSPS) is 18.3. The summed E-state index contributed by atoms with van der Waals surface area (Å²) >= 11 is 0. The lowest BCUT2D eigenvalue weighted by Gasteiger charge is -2.25. The Kier molecular flexibility index (Phi) is 4.53. The minimum atomic E-state index is -0.411. The molecule has 0 aliphatic carbocycles. The molecule has 2 heterocycles. The number of hydrogen-bond donors (Lipinski definition) is 0. The van der Waals surface area contributed by atoms with Crippen LogP contribution < -0.4 is 0 Å². The fourth-order valence-electron chi connectivity index (χ4n) is 3.45. The van der Waals surface area contributed by atoms with E-state index < -0.39 is 5.97 Å². The average molecular weight is 313 g/mol. The molecule has 0 radical (unpaired) electrons. The van der Waals surface area contributed by atoms with E-state index in [9.17, 15) is 4.79 Å². The van der Waals surface area contributed by atoms with Gasteiger partial charge in [0.1, 0.15) is 5.76 Å². The summed E-state index contributed by atoms with van der Waals surface area (Å²) in [6.07, 6.45) is 2.34. The summed E-state index contributed by atoms with van der Waals surface area (Å²) in [5.74, 6) is 0.725. The van der Waals surface area contributed by atoms with Crippen LogP contribution in [0.5, 0.6) is 0 Å². The highest BCUT2D eigenvalue weighted by atomic mass is 16.5. The molecule has 1 aromatic heterocycles. The van der Waals surface area contributed by atoms with Crippen LogP contribution in [0.1, 0.15) is 51.9 Å². The molecule has 1 aromatic carbocycles. The van der Waals surface area contributed by atoms with Crippen molar-refractivity contribution >= 4 is 5.97 Å². The van der Waals surface area contributed by atoms with Gasteiger partial charge in [-0.05, 0) is 50.4 Å². The van der Waals surface area contributed by atoms with Crippen LogP contribution in [0.15, 0.2) is 34.7 Å². The molecule has 0 N–H and O–H groups in total. The zero-order valence-electron chi connectivity index (χ0n) is 14.0. The number of hydrogen-bond acceptors (Lipinski definition) is 4. The van der Waals surface area contributed by atoms with Gasteiger partial charge >= 0.3 is 5.97 Å². The van der Waals surface area contributed by atoms with Crippen LogP contribution >= 0.6 is 0 Å². The third-order valence-electron chi connectivity index (χ3n) is 4.61. The van der Waals surface area contributed by atoms with E-state index in [1.165, 1.54) is 24.7 Å². The molecule has 3 rings (SSSR count). The van der Waals surface area contributed by atoms with Gasteiger partial charge in [0.05, 0.1) is 13.7 Å². The minimum Gasteiger partial charge on any atom is -0.463 e. The van der Waals surface area contributed by atoms with E-state index in [4.69, 9.17) is 9.15 Å². The van der Waals surface area contributed by atoms with Crippen LogP contribution in [0, 0.1) is 13.8 Å². The third-order valence-corrected chi connectivity index (χ3v) is 4.61. The van der Waals surface area contributed by atoms with Crippen molar-refractivity contribution in [3.63, 3.8) is 0 Å². The van der Waals surface area contributed by atoms with E-state index in [2.05, 4.69) is 36.1 Å². The summed E-state index contributed by atoms with van der Waals surface area (Å²) in [6, 6.07) is 10.9. The molecule has 1 atom stereocenters. The Bertz CT molecular complexity index is 704. The molecule has 0 bridgehead atoms. The van der Waals surface area contributed by atoms with Crippen molar-refractivity contribution in [1.82, 2.24) is 4.90 Å². The van der Waals surface area contributed by atoms with Crippen molar-refractivity contribution in [2.75, 3.05) is 13.7 Å². The first-order chi connectivity index (χ1) is 11.1. The molecular weight excluding hydrogens is 290 g/mol. The van der Waals surface area contributed by atoms with E-state index in [1.807, 2.05) is 13.0 Å². The lowest BCUT2D eigenvalue weighted by Crippen LogP contribution is -2.23. The van der Waals surface area contributed by atoms with Crippen molar-refractivity contribution < 1.29 is 13.9 Å². The summed E-state index contributed by atoms with van der Waals surface area (Å²) in [6.45, 7) is 5.81. The van der Waals surface area contributed by atoms with E-state index in [0.717, 1.165) is 30.8 Å². The van der Waals surface area contributed by atoms with E-state index in [0.29, 0.717) is 11.8 Å². The second-order valence-electron chi connectivity index (χ2n) is 6.20. The number of carbonyl (C=O) groups is 1. The predicted octanol–water partition coefficient (Wildman–Crippen LogP) is 4.02.